The van der Waals surface area contributed by atoms with Gasteiger partial charge in [-0.2, -0.15) is 0 Å². The number of aromatic nitrogens is 1. The SMILES string of the molecule is CCNCc1csc(CSc2ccc(C)cc2)n1. The molecule has 1 aromatic heterocycles. The summed E-state index contributed by atoms with van der Waals surface area (Å²) in [5.74, 6) is 0.958. The second-order valence-corrected chi connectivity index (χ2v) is 6.11. The number of nitrogens with one attached hydrogen (secondary N) is 1. The number of benzene rings is 1. The minimum Gasteiger partial charge on any atom is -0.311 e. The van der Waals surface area contributed by atoms with E-state index in [9.17, 15) is 0 Å². The van der Waals surface area contributed by atoms with Crippen LogP contribution >= 0.6 is 23.1 Å². The minimum absolute atomic E-state index is 0.877. The summed E-state index contributed by atoms with van der Waals surface area (Å²) in [5, 5.41) is 6.64. The third-order valence-electron chi connectivity index (χ3n) is 2.54. The first-order valence-electron chi connectivity index (χ1n) is 6.11. The Morgan fingerprint density at radius 3 is 2.78 bits per heavy atom. The maximum Gasteiger partial charge on any atom is 0.103 e. The van der Waals surface area contributed by atoms with E-state index in [1.165, 1.54) is 15.5 Å². The second-order valence-electron chi connectivity index (χ2n) is 4.11. The van der Waals surface area contributed by atoms with Crippen LogP contribution in [0.2, 0.25) is 0 Å². The fourth-order valence-electron chi connectivity index (χ4n) is 1.53. The van der Waals surface area contributed by atoms with Crippen molar-refractivity contribution in [3.63, 3.8) is 0 Å². The molecule has 0 fully saturated rings. The van der Waals surface area contributed by atoms with Crippen LogP contribution in [0.15, 0.2) is 34.5 Å². The van der Waals surface area contributed by atoms with E-state index in [4.69, 9.17) is 0 Å². The van der Waals surface area contributed by atoms with Crippen molar-refractivity contribution in [3.05, 3.63) is 45.9 Å². The number of thioether (sulfide) groups is 1. The van der Waals surface area contributed by atoms with E-state index in [1.54, 1.807) is 11.3 Å². The van der Waals surface area contributed by atoms with Gasteiger partial charge in [0.1, 0.15) is 5.01 Å². The van der Waals surface area contributed by atoms with Crippen molar-refractivity contribution in [1.29, 1.82) is 0 Å². The summed E-state index contributed by atoms with van der Waals surface area (Å²) in [7, 11) is 0. The molecule has 0 spiro atoms. The third-order valence-corrected chi connectivity index (χ3v) is 4.64. The topological polar surface area (TPSA) is 24.9 Å². The van der Waals surface area contributed by atoms with Crippen LogP contribution in [-0.2, 0) is 12.3 Å². The predicted molar refractivity (Wildman–Crippen MR) is 80.2 cm³/mol. The van der Waals surface area contributed by atoms with Gasteiger partial charge >= 0.3 is 0 Å². The highest BCUT2D eigenvalue weighted by Gasteiger charge is 2.02. The molecule has 2 rings (SSSR count). The number of rotatable bonds is 6. The van der Waals surface area contributed by atoms with Gasteiger partial charge in [-0.05, 0) is 25.6 Å². The largest absolute Gasteiger partial charge is 0.311 e. The predicted octanol–water partition coefficient (Wildman–Crippen LogP) is 3.85. The van der Waals surface area contributed by atoms with Crippen LogP contribution in [0.3, 0.4) is 0 Å². The van der Waals surface area contributed by atoms with Gasteiger partial charge in [0, 0.05) is 16.8 Å². The normalized spacial score (nSPS) is 10.8. The molecule has 96 valence electrons. The molecule has 0 unspecified atom stereocenters. The van der Waals surface area contributed by atoms with Crippen LogP contribution in [0.4, 0.5) is 0 Å². The Hall–Kier alpha value is -0.840. The monoisotopic (exact) mass is 278 g/mol. The van der Waals surface area contributed by atoms with E-state index < -0.39 is 0 Å². The Balaban J connectivity index is 1.86. The second kappa shape index (κ2) is 6.92. The van der Waals surface area contributed by atoms with E-state index in [0.717, 1.165) is 24.5 Å². The van der Waals surface area contributed by atoms with E-state index in [0.29, 0.717) is 0 Å². The molecule has 0 bridgehead atoms. The van der Waals surface area contributed by atoms with Crippen molar-refractivity contribution in [2.45, 2.75) is 31.0 Å². The highest BCUT2D eigenvalue weighted by atomic mass is 32.2. The van der Waals surface area contributed by atoms with Crippen LogP contribution in [0, 0.1) is 6.92 Å². The minimum atomic E-state index is 0.877. The highest BCUT2D eigenvalue weighted by Crippen LogP contribution is 2.24. The third kappa shape index (κ3) is 4.12. The molecule has 0 amide bonds. The van der Waals surface area contributed by atoms with Crippen LogP contribution in [0.5, 0.6) is 0 Å². The molecule has 0 radical (unpaired) electrons. The molecule has 0 aliphatic rings. The van der Waals surface area contributed by atoms with Crippen molar-refractivity contribution >= 4 is 23.1 Å². The first-order valence-corrected chi connectivity index (χ1v) is 7.98. The summed E-state index contributed by atoms with van der Waals surface area (Å²) in [6.07, 6.45) is 0. The standard InChI is InChI=1S/C14H18N2S2/c1-3-15-8-12-9-18-14(16-12)10-17-13-6-4-11(2)5-7-13/h4-7,9,15H,3,8,10H2,1-2H3. The summed E-state index contributed by atoms with van der Waals surface area (Å²) >= 11 is 3.60. The Bertz CT molecular complexity index is 477. The van der Waals surface area contributed by atoms with Gasteiger partial charge in [-0.3, -0.25) is 0 Å². The Morgan fingerprint density at radius 1 is 1.28 bits per heavy atom. The average Bonchev–Trinajstić information content (AvgIpc) is 2.84. The summed E-state index contributed by atoms with van der Waals surface area (Å²) in [4.78, 5) is 5.92. The molecule has 1 N–H and O–H groups in total. The quantitative estimate of drug-likeness (QED) is 0.812. The van der Waals surface area contributed by atoms with Crippen LogP contribution in [0.1, 0.15) is 23.2 Å². The molecule has 0 saturated carbocycles. The molecular formula is C14H18N2S2. The van der Waals surface area contributed by atoms with Crippen molar-refractivity contribution in [3.8, 4) is 0 Å². The van der Waals surface area contributed by atoms with E-state index >= 15 is 0 Å². The van der Waals surface area contributed by atoms with Crippen molar-refractivity contribution in [2.75, 3.05) is 6.54 Å². The van der Waals surface area contributed by atoms with Gasteiger partial charge < -0.3 is 5.32 Å². The lowest BCUT2D eigenvalue weighted by Gasteiger charge is -2.00. The number of hydrogen-bond donors (Lipinski definition) is 1. The first kappa shape index (κ1) is 13.6. The highest BCUT2D eigenvalue weighted by molar-refractivity contribution is 7.98. The van der Waals surface area contributed by atoms with Crippen molar-refractivity contribution in [2.24, 2.45) is 0 Å². The zero-order chi connectivity index (χ0) is 12.8. The average molecular weight is 278 g/mol. The summed E-state index contributed by atoms with van der Waals surface area (Å²) < 4.78 is 0. The molecule has 2 aromatic rings. The first-order chi connectivity index (χ1) is 8.78. The van der Waals surface area contributed by atoms with Gasteiger partial charge in [-0.15, -0.1) is 23.1 Å². The van der Waals surface area contributed by atoms with Gasteiger partial charge in [0.25, 0.3) is 0 Å². The molecule has 0 aliphatic heterocycles. The molecule has 1 heterocycles. The molecule has 2 nitrogen and oxygen atoms in total. The number of aryl methyl sites for hydroxylation is 1. The lowest BCUT2D eigenvalue weighted by atomic mass is 10.2. The van der Waals surface area contributed by atoms with Gasteiger partial charge in [0.2, 0.25) is 0 Å². The summed E-state index contributed by atoms with van der Waals surface area (Å²) in [6, 6.07) is 8.65. The fourth-order valence-corrected chi connectivity index (χ4v) is 3.24. The van der Waals surface area contributed by atoms with Gasteiger partial charge in [0.05, 0.1) is 11.4 Å². The number of nitrogens with zero attached hydrogens (tertiary/aromatic N) is 1. The zero-order valence-corrected chi connectivity index (χ0v) is 12.4. The molecule has 0 aliphatic carbocycles. The summed E-state index contributed by atoms with van der Waals surface area (Å²) in [5.41, 5.74) is 2.46. The van der Waals surface area contributed by atoms with Crippen molar-refractivity contribution in [1.82, 2.24) is 10.3 Å². The maximum absolute atomic E-state index is 4.62. The Morgan fingerprint density at radius 2 is 2.06 bits per heavy atom. The smallest absolute Gasteiger partial charge is 0.103 e. The lowest BCUT2D eigenvalue weighted by Crippen LogP contribution is -2.11. The van der Waals surface area contributed by atoms with Crippen LogP contribution < -0.4 is 5.32 Å². The Kier molecular flexibility index (Phi) is 5.23. The molecule has 4 heteroatoms. The van der Waals surface area contributed by atoms with Gasteiger partial charge in [-0.1, -0.05) is 24.6 Å². The molecular weight excluding hydrogens is 260 g/mol. The molecule has 0 atom stereocenters. The van der Waals surface area contributed by atoms with Crippen LogP contribution in [0.25, 0.3) is 0 Å². The number of hydrogen-bond acceptors (Lipinski definition) is 4. The Labute approximate surface area is 117 Å². The molecule has 1 aromatic carbocycles. The number of thiazole rings is 1. The van der Waals surface area contributed by atoms with Crippen LogP contribution in [-0.4, -0.2) is 11.5 Å². The van der Waals surface area contributed by atoms with Gasteiger partial charge in [0.15, 0.2) is 0 Å². The van der Waals surface area contributed by atoms with E-state index in [-0.39, 0.29) is 0 Å². The lowest BCUT2D eigenvalue weighted by molar-refractivity contribution is 0.713. The zero-order valence-electron chi connectivity index (χ0n) is 10.8. The van der Waals surface area contributed by atoms with Gasteiger partial charge in [-0.25, -0.2) is 4.98 Å². The fraction of sp³-hybridized carbons (Fsp3) is 0.357. The van der Waals surface area contributed by atoms with E-state index in [2.05, 4.69) is 53.8 Å². The molecule has 18 heavy (non-hydrogen) atoms. The van der Waals surface area contributed by atoms with E-state index in [1.807, 2.05) is 11.8 Å². The molecule has 0 saturated heterocycles. The maximum atomic E-state index is 4.62. The van der Waals surface area contributed by atoms with Crippen molar-refractivity contribution < 1.29 is 0 Å². The summed E-state index contributed by atoms with van der Waals surface area (Å²) in [6.45, 7) is 6.09.